The number of carbonyl (C=O) groups excluding carboxylic acids is 1. The molecule has 2 rings (SSSR count). The van der Waals surface area contributed by atoms with Gasteiger partial charge in [-0.25, -0.2) is 4.98 Å². The van der Waals surface area contributed by atoms with Gasteiger partial charge in [-0.1, -0.05) is 6.92 Å². The highest BCUT2D eigenvalue weighted by Gasteiger charge is 2.26. The summed E-state index contributed by atoms with van der Waals surface area (Å²) in [5.74, 6) is 0.0671. The van der Waals surface area contributed by atoms with Crippen molar-refractivity contribution in [3.05, 3.63) is 18.2 Å². The summed E-state index contributed by atoms with van der Waals surface area (Å²) in [6.07, 6.45) is 7.76. The number of rotatable bonds is 6. The fourth-order valence-corrected chi connectivity index (χ4v) is 2.86. The van der Waals surface area contributed by atoms with Gasteiger partial charge in [-0.15, -0.1) is 0 Å². The lowest BCUT2D eigenvalue weighted by molar-refractivity contribution is -0.142. The van der Waals surface area contributed by atoms with Crippen LogP contribution < -0.4 is 5.32 Å². The quantitative estimate of drug-likeness (QED) is 0.672. The number of carbonyl (C=O) groups is 3. The van der Waals surface area contributed by atoms with Gasteiger partial charge in [0.2, 0.25) is 5.91 Å². The van der Waals surface area contributed by atoms with Gasteiger partial charge >= 0.3 is 5.97 Å². The van der Waals surface area contributed by atoms with E-state index >= 15 is 0 Å². The lowest BCUT2D eigenvalue weighted by Crippen LogP contribution is -2.39. The minimum atomic E-state index is -0.716. The number of imidazole rings is 1. The number of aryl methyl sites for hydroxylation is 2. The van der Waals surface area contributed by atoms with Crippen LogP contribution in [0, 0.1) is 5.92 Å². The van der Waals surface area contributed by atoms with Crippen LogP contribution in [0.2, 0.25) is 0 Å². The zero-order chi connectivity index (χ0) is 17.9. The average Bonchev–Trinajstić information content (AvgIpc) is 3.01. The molecule has 134 valence electrons. The first-order chi connectivity index (χ1) is 11.5. The van der Waals surface area contributed by atoms with Crippen LogP contribution in [0.1, 0.15) is 44.9 Å². The highest BCUT2D eigenvalue weighted by molar-refractivity contribution is 5.76. The first-order valence-corrected chi connectivity index (χ1v) is 8.11. The fourth-order valence-electron chi connectivity index (χ4n) is 2.86. The molecule has 8 nitrogen and oxygen atoms in total. The van der Waals surface area contributed by atoms with Crippen LogP contribution in [0.3, 0.4) is 0 Å². The van der Waals surface area contributed by atoms with Gasteiger partial charge in [0, 0.05) is 37.8 Å². The van der Waals surface area contributed by atoms with Crippen molar-refractivity contribution < 1.29 is 24.6 Å². The highest BCUT2D eigenvalue weighted by atomic mass is 16.4. The molecule has 24 heavy (non-hydrogen) atoms. The second kappa shape index (κ2) is 10.4. The molecule has 0 unspecified atom stereocenters. The zero-order valence-electron chi connectivity index (χ0n) is 13.9. The third-order valence-corrected chi connectivity index (χ3v) is 4.14. The molecule has 1 amide bonds. The molecule has 8 heteroatoms. The van der Waals surface area contributed by atoms with Crippen LogP contribution in [0.25, 0.3) is 0 Å². The molecule has 0 radical (unpaired) electrons. The first-order valence-electron chi connectivity index (χ1n) is 8.11. The monoisotopic (exact) mass is 339 g/mol. The summed E-state index contributed by atoms with van der Waals surface area (Å²) in [5.41, 5.74) is 0. The van der Waals surface area contributed by atoms with Crippen molar-refractivity contribution in [3.8, 4) is 0 Å². The lowest BCUT2D eigenvalue weighted by Gasteiger charge is -2.26. The van der Waals surface area contributed by atoms with Crippen molar-refractivity contribution in [3.63, 3.8) is 0 Å². The standard InChI is InChI=1S/C15H23N3O3.CH2O2/c1-2-13-16-8-10-18(13)9-7-14(19)17-12-5-3-11(4-6-12)15(20)21;2-1-3/h8,10-12H,2-7,9H2,1H3,(H,17,19)(H,20,21);1H,(H,2,3). The highest BCUT2D eigenvalue weighted by Crippen LogP contribution is 2.24. The summed E-state index contributed by atoms with van der Waals surface area (Å²) < 4.78 is 2.00. The average molecular weight is 339 g/mol. The van der Waals surface area contributed by atoms with Gasteiger partial charge in [0.1, 0.15) is 5.82 Å². The lowest BCUT2D eigenvalue weighted by atomic mass is 9.86. The summed E-state index contributed by atoms with van der Waals surface area (Å²) in [4.78, 5) is 35.4. The molecule has 0 saturated heterocycles. The Kier molecular flexibility index (Phi) is 8.53. The number of carboxylic acids is 1. The van der Waals surface area contributed by atoms with Crippen LogP contribution in [-0.2, 0) is 27.3 Å². The van der Waals surface area contributed by atoms with Gasteiger partial charge in [-0.05, 0) is 25.7 Å². The van der Waals surface area contributed by atoms with Crippen LogP contribution in [-0.4, -0.2) is 44.2 Å². The van der Waals surface area contributed by atoms with E-state index in [1.54, 1.807) is 6.20 Å². The number of aromatic nitrogens is 2. The third-order valence-electron chi connectivity index (χ3n) is 4.14. The SMILES string of the molecule is CCc1nccn1CCC(=O)NC1CCC(C(=O)O)CC1.O=CO. The number of nitrogens with zero attached hydrogens (tertiary/aromatic N) is 2. The minimum absolute atomic E-state index is 0.0320. The molecule has 1 fully saturated rings. The molecule has 1 aliphatic rings. The molecular formula is C16H25N3O5. The van der Waals surface area contributed by atoms with E-state index in [9.17, 15) is 9.59 Å². The van der Waals surface area contributed by atoms with Gasteiger partial charge in [-0.2, -0.15) is 0 Å². The topological polar surface area (TPSA) is 122 Å². The summed E-state index contributed by atoms with van der Waals surface area (Å²) in [5, 5.41) is 18.9. The van der Waals surface area contributed by atoms with Crippen molar-refractivity contribution in [2.45, 2.75) is 58.0 Å². The van der Waals surface area contributed by atoms with E-state index in [1.165, 1.54) is 0 Å². The molecule has 0 aromatic carbocycles. The third kappa shape index (κ3) is 6.39. The van der Waals surface area contributed by atoms with Crippen molar-refractivity contribution in [1.82, 2.24) is 14.9 Å². The van der Waals surface area contributed by atoms with Gasteiger partial charge in [0.05, 0.1) is 5.92 Å². The molecule has 1 aromatic rings. The Morgan fingerprint density at radius 3 is 2.54 bits per heavy atom. The Bertz CT molecular complexity index is 536. The van der Waals surface area contributed by atoms with Crippen LogP contribution in [0.4, 0.5) is 0 Å². The van der Waals surface area contributed by atoms with Gasteiger partial charge in [0.15, 0.2) is 0 Å². The van der Waals surface area contributed by atoms with Crippen molar-refractivity contribution >= 4 is 18.3 Å². The Labute approximate surface area is 140 Å². The Balaban J connectivity index is 0.000000891. The number of carboxylic acid groups (broad SMARTS) is 2. The number of hydrogen-bond donors (Lipinski definition) is 3. The van der Waals surface area contributed by atoms with Gasteiger partial charge in [0.25, 0.3) is 6.47 Å². The second-order valence-electron chi connectivity index (χ2n) is 5.70. The Hall–Kier alpha value is -2.38. The smallest absolute Gasteiger partial charge is 0.306 e. The number of hydrogen-bond acceptors (Lipinski definition) is 4. The number of amides is 1. The first kappa shape index (κ1) is 19.7. The molecular weight excluding hydrogens is 314 g/mol. The summed E-state index contributed by atoms with van der Waals surface area (Å²) in [7, 11) is 0. The fraction of sp³-hybridized carbons (Fsp3) is 0.625. The van der Waals surface area contributed by atoms with E-state index < -0.39 is 5.97 Å². The van der Waals surface area contributed by atoms with Crippen LogP contribution in [0.15, 0.2) is 12.4 Å². The van der Waals surface area contributed by atoms with Crippen molar-refractivity contribution in [1.29, 1.82) is 0 Å². The molecule has 3 N–H and O–H groups in total. The number of nitrogens with one attached hydrogen (secondary N) is 1. The number of aliphatic carboxylic acids is 1. The predicted octanol–water partition coefficient (Wildman–Crippen LogP) is 1.30. The molecule has 1 aromatic heterocycles. The maximum atomic E-state index is 12.0. The summed E-state index contributed by atoms with van der Waals surface area (Å²) in [6, 6.07) is 0.126. The largest absolute Gasteiger partial charge is 0.483 e. The molecule has 0 spiro atoms. The Morgan fingerprint density at radius 2 is 2.00 bits per heavy atom. The maximum absolute atomic E-state index is 12.0. The molecule has 0 bridgehead atoms. The second-order valence-corrected chi connectivity index (χ2v) is 5.70. The van der Waals surface area contributed by atoms with Crippen LogP contribution in [0.5, 0.6) is 0 Å². The van der Waals surface area contributed by atoms with E-state index in [2.05, 4.69) is 10.3 Å². The van der Waals surface area contributed by atoms with E-state index in [1.807, 2.05) is 17.7 Å². The van der Waals surface area contributed by atoms with E-state index in [4.69, 9.17) is 15.0 Å². The normalized spacial score (nSPS) is 19.7. The minimum Gasteiger partial charge on any atom is -0.483 e. The van der Waals surface area contributed by atoms with Crippen LogP contribution >= 0.6 is 0 Å². The van der Waals surface area contributed by atoms with E-state index in [0.717, 1.165) is 25.1 Å². The van der Waals surface area contributed by atoms with Crippen molar-refractivity contribution in [2.75, 3.05) is 0 Å². The van der Waals surface area contributed by atoms with Gasteiger partial charge < -0.3 is 20.1 Å². The zero-order valence-corrected chi connectivity index (χ0v) is 13.9. The van der Waals surface area contributed by atoms with Gasteiger partial charge in [-0.3, -0.25) is 14.4 Å². The molecule has 1 aliphatic carbocycles. The predicted molar refractivity (Wildman–Crippen MR) is 86.4 cm³/mol. The molecule has 1 saturated carbocycles. The summed E-state index contributed by atoms with van der Waals surface area (Å²) >= 11 is 0. The molecule has 1 heterocycles. The van der Waals surface area contributed by atoms with E-state index in [0.29, 0.717) is 25.8 Å². The van der Waals surface area contributed by atoms with E-state index in [-0.39, 0.29) is 24.3 Å². The van der Waals surface area contributed by atoms with Crippen molar-refractivity contribution in [2.24, 2.45) is 5.92 Å². The Morgan fingerprint density at radius 1 is 1.38 bits per heavy atom. The molecule has 0 atom stereocenters. The molecule has 0 aliphatic heterocycles. The summed E-state index contributed by atoms with van der Waals surface area (Å²) in [6.45, 7) is 2.43. The maximum Gasteiger partial charge on any atom is 0.306 e.